The van der Waals surface area contributed by atoms with Crippen molar-refractivity contribution in [2.24, 2.45) is 0 Å². The van der Waals surface area contributed by atoms with E-state index in [0.29, 0.717) is 6.54 Å². The summed E-state index contributed by atoms with van der Waals surface area (Å²) in [6.07, 6.45) is 4.04. The molecule has 0 unspecified atom stereocenters. The molecular weight excluding hydrogens is 240 g/mol. The van der Waals surface area contributed by atoms with Crippen LogP contribution in [0.3, 0.4) is 0 Å². The van der Waals surface area contributed by atoms with Crippen LogP contribution in [0.1, 0.15) is 5.56 Å². The Bertz CT molecular complexity index is 562. The molecule has 19 heavy (non-hydrogen) atoms. The lowest BCUT2D eigenvalue weighted by molar-refractivity contribution is -0.384. The first kappa shape index (κ1) is 12.8. The van der Waals surface area contributed by atoms with Gasteiger partial charge in [0.25, 0.3) is 5.69 Å². The fourth-order valence-corrected chi connectivity index (χ4v) is 1.64. The van der Waals surface area contributed by atoms with Crippen molar-refractivity contribution in [1.29, 1.82) is 0 Å². The smallest absolute Gasteiger partial charge is 0.269 e. The molecule has 96 valence electrons. The van der Waals surface area contributed by atoms with E-state index in [0.717, 1.165) is 11.3 Å². The Hall–Kier alpha value is -2.62. The lowest BCUT2D eigenvalue weighted by Crippen LogP contribution is -1.98. The molecule has 0 aliphatic carbocycles. The summed E-state index contributed by atoms with van der Waals surface area (Å²) < 4.78 is 0. The second-order valence-electron chi connectivity index (χ2n) is 4.00. The van der Waals surface area contributed by atoms with Crippen molar-refractivity contribution in [1.82, 2.24) is 0 Å². The van der Waals surface area contributed by atoms with Crippen LogP contribution in [-0.4, -0.2) is 11.5 Å². The number of non-ortho nitro benzene ring substituents is 1. The third-order valence-corrected chi connectivity index (χ3v) is 2.61. The Morgan fingerprint density at radius 2 is 1.74 bits per heavy atom. The van der Waals surface area contributed by atoms with Gasteiger partial charge in [0.15, 0.2) is 0 Å². The average Bonchev–Trinajstić information content (AvgIpc) is 2.45. The molecule has 4 nitrogen and oxygen atoms in total. The van der Waals surface area contributed by atoms with Crippen molar-refractivity contribution in [3.05, 3.63) is 76.4 Å². The second-order valence-corrected chi connectivity index (χ2v) is 4.00. The van der Waals surface area contributed by atoms with Gasteiger partial charge in [0, 0.05) is 24.4 Å². The summed E-state index contributed by atoms with van der Waals surface area (Å²) in [5, 5.41) is 13.7. The number of nitrogens with one attached hydrogen (secondary N) is 1. The molecule has 2 aromatic rings. The van der Waals surface area contributed by atoms with Gasteiger partial charge in [0.05, 0.1) is 4.92 Å². The molecule has 2 rings (SSSR count). The Labute approximate surface area is 111 Å². The standard InChI is InChI=1S/C15H14N2O2/c18-17(19)15-10-8-14(9-11-15)16-12-4-7-13-5-2-1-3-6-13/h1-11,16H,12H2/b7-4+. The Morgan fingerprint density at radius 3 is 2.37 bits per heavy atom. The van der Waals surface area contributed by atoms with E-state index in [9.17, 15) is 10.1 Å². The lowest BCUT2D eigenvalue weighted by atomic mass is 10.2. The van der Waals surface area contributed by atoms with Gasteiger partial charge in [-0.1, -0.05) is 42.5 Å². The second kappa shape index (κ2) is 6.35. The number of nitrogens with zero attached hydrogens (tertiary/aromatic N) is 1. The highest BCUT2D eigenvalue weighted by atomic mass is 16.6. The maximum atomic E-state index is 10.5. The van der Waals surface area contributed by atoms with Gasteiger partial charge in [0.1, 0.15) is 0 Å². The van der Waals surface area contributed by atoms with Crippen molar-refractivity contribution >= 4 is 17.5 Å². The number of benzene rings is 2. The van der Waals surface area contributed by atoms with E-state index in [1.807, 2.05) is 42.5 Å². The van der Waals surface area contributed by atoms with Crippen LogP contribution >= 0.6 is 0 Å². The van der Waals surface area contributed by atoms with E-state index in [-0.39, 0.29) is 5.69 Å². The molecule has 0 heterocycles. The number of anilines is 1. The van der Waals surface area contributed by atoms with Gasteiger partial charge in [-0.15, -0.1) is 0 Å². The summed E-state index contributed by atoms with van der Waals surface area (Å²) in [6.45, 7) is 0.673. The third kappa shape index (κ3) is 3.96. The van der Waals surface area contributed by atoms with Crippen LogP contribution in [0.5, 0.6) is 0 Å². The van der Waals surface area contributed by atoms with Crippen molar-refractivity contribution in [2.45, 2.75) is 0 Å². The predicted octanol–water partition coefficient (Wildman–Crippen LogP) is 3.72. The van der Waals surface area contributed by atoms with Crippen LogP contribution in [-0.2, 0) is 0 Å². The summed E-state index contributed by atoms with van der Waals surface area (Å²) >= 11 is 0. The van der Waals surface area contributed by atoms with Crippen molar-refractivity contribution in [3.63, 3.8) is 0 Å². The highest BCUT2D eigenvalue weighted by Crippen LogP contribution is 2.15. The fourth-order valence-electron chi connectivity index (χ4n) is 1.64. The molecule has 0 saturated carbocycles. The zero-order valence-electron chi connectivity index (χ0n) is 10.3. The molecule has 0 bridgehead atoms. The molecule has 0 aliphatic rings. The van der Waals surface area contributed by atoms with Crippen molar-refractivity contribution in [2.75, 3.05) is 11.9 Å². The van der Waals surface area contributed by atoms with Crippen LogP contribution in [0, 0.1) is 10.1 Å². The van der Waals surface area contributed by atoms with Crippen LogP contribution < -0.4 is 5.32 Å². The average molecular weight is 254 g/mol. The van der Waals surface area contributed by atoms with Crippen molar-refractivity contribution in [3.8, 4) is 0 Å². The maximum absolute atomic E-state index is 10.5. The van der Waals surface area contributed by atoms with Gasteiger partial charge in [-0.2, -0.15) is 0 Å². The zero-order chi connectivity index (χ0) is 13.5. The Balaban J connectivity index is 1.86. The van der Waals surface area contributed by atoms with Crippen LogP contribution in [0.25, 0.3) is 6.08 Å². The predicted molar refractivity (Wildman–Crippen MR) is 77.1 cm³/mol. The quantitative estimate of drug-likeness (QED) is 0.653. The summed E-state index contributed by atoms with van der Waals surface area (Å²) in [6, 6.07) is 16.4. The Kier molecular flexibility index (Phi) is 4.29. The SMILES string of the molecule is O=[N+]([O-])c1ccc(NC/C=C/c2ccccc2)cc1. The molecule has 2 aromatic carbocycles. The van der Waals surface area contributed by atoms with Crippen molar-refractivity contribution < 1.29 is 4.92 Å². The number of nitro groups is 1. The van der Waals surface area contributed by atoms with E-state index < -0.39 is 4.92 Å². The molecule has 0 spiro atoms. The molecule has 0 saturated heterocycles. The Morgan fingerprint density at radius 1 is 1.05 bits per heavy atom. The van der Waals surface area contributed by atoms with E-state index in [2.05, 4.69) is 5.32 Å². The van der Waals surface area contributed by atoms with Crippen LogP contribution in [0.15, 0.2) is 60.7 Å². The molecule has 1 N–H and O–H groups in total. The first-order valence-corrected chi connectivity index (χ1v) is 5.95. The highest BCUT2D eigenvalue weighted by molar-refractivity contribution is 5.52. The molecule has 0 aromatic heterocycles. The molecule has 0 radical (unpaired) electrons. The normalized spacial score (nSPS) is 10.5. The lowest BCUT2D eigenvalue weighted by Gasteiger charge is -2.02. The van der Waals surface area contributed by atoms with Gasteiger partial charge in [-0.05, 0) is 17.7 Å². The number of hydrogen-bond donors (Lipinski definition) is 1. The fraction of sp³-hybridized carbons (Fsp3) is 0.0667. The monoisotopic (exact) mass is 254 g/mol. The molecule has 0 atom stereocenters. The van der Waals surface area contributed by atoms with E-state index in [4.69, 9.17) is 0 Å². The molecule has 0 aliphatic heterocycles. The summed E-state index contributed by atoms with van der Waals surface area (Å²) in [5.74, 6) is 0. The van der Waals surface area contributed by atoms with E-state index in [1.54, 1.807) is 12.1 Å². The first-order chi connectivity index (χ1) is 9.25. The summed E-state index contributed by atoms with van der Waals surface area (Å²) in [4.78, 5) is 10.1. The van der Waals surface area contributed by atoms with Crippen LogP contribution in [0.2, 0.25) is 0 Å². The molecule has 0 amide bonds. The van der Waals surface area contributed by atoms with Gasteiger partial charge in [0.2, 0.25) is 0 Å². The van der Waals surface area contributed by atoms with E-state index in [1.165, 1.54) is 12.1 Å². The summed E-state index contributed by atoms with van der Waals surface area (Å²) in [7, 11) is 0. The summed E-state index contributed by atoms with van der Waals surface area (Å²) in [5.41, 5.74) is 2.11. The van der Waals surface area contributed by atoms with Gasteiger partial charge < -0.3 is 5.32 Å². The van der Waals surface area contributed by atoms with Gasteiger partial charge in [-0.25, -0.2) is 0 Å². The van der Waals surface area contributed by atoms with Gasteiger partial charge >= 0.3 is 0 Å². The zero-order valence-corrected chi connectivity index (χ0v) is 10.3. The first-order valence-electron chi connectivity index (χ1n) is 5.95. The van der Waals surface area contributed by atoms with E-state index >= 15 is 0 Å². The third-order valence-electron chi connectivity index (χ3n) is 2.61. The number of rotatable bonds is 5. The maximum Gasteiger partial charge on any atom is 0.269 e. The van der Waals surface area contributed by atoms with Crippen LogP contribution in [0.4, 0.5) is 11.4 Å². The minimum Gasteiger partial charge on any atom is -0.382 e. The highest BCUT2D eigenvalue weighted by Gasteiger charge is 2.02. The molecular formula is C15H14N2O2. The minimum atomic E-state index is -0.404. The number of hydrogen-bond acceptors (Lipinski definition) is 3. The molecule has 4 heteroatoms. The van der Waals surface area contributed by atoms with Gasteiger partial charge in [-0.3, -0.25) is 10.1 Å². The topological polar surface area (TPSA) is 55.2 Å². The largest absolute Gasteiger partial charge is 0.382 e. The minimum absolute atomic E-state index is 0.102. The molecule has 0 fully saturated rings. The number of nitro benzene ring substituents is 1.